The summed E-state index contributed by atoms with van der Waals surface area (Å²) in [4.78, 5) is 25.4. The molecule has 2 aliphatic rings. The van der Waals surface area contributed by atoms with Crippen molar-refractivity contribution in [2.45, 2.75) is 39.3 Å². The fourth-order valence-electron chi connectivity index (χ4n) is 3.42. The van der Waals surface area contributed by atoms with Crippen molar-refractivity contribution in [3.63, 3.8) is 0 Å². The minimum Gasteiger partial charge on any atom is -0.463 e. The van der Waals surface area contributed by atoms with E-state index in [4.69, 9.17) is 10.5 Å². The number of hydrogen-bond acceptors (Lipinski definition) is 6. The van der Waals surface area contributed by atoms with E-state index in [2.05, 4.69) is 15.7 Å². The molecule has 0 aromatic carbocycles. The van der Waals surface area contributed by atoms with Gasteiger partial charge in [-0.05, 0) is 26.7 Å². The Morgan fingerprint density at radius 1 is 1.38 bits per heavy atom. The second-order valence-corrected chi connectivity index (χ2v) is 6.39. The van der Waals surface area contributed by atoms with Crippen molar-refractivity contribution in [2.24, 2.45) is 5.73 Å². The number of rotatable bonds is 5. The zero-order chi connectivity index (χ0) is 18.7. The molecule has 0 spiro atoms. The second-order valence-electron chi connectivity index (χ2n) is 6.39. The first-order chi connectivity index (χ1) is 12.5. The number of carbonyl (C=O) groups is 2. The topological polar surface area (TPSA) is 115 Å². The third-order valence-corrected chi connectivity index (χ3v) is 4.82. The molecule has 9 nitrogen and oxygen atoms in total. The zero-order valence-electron chi connectivity index (χ0n) is 15.2. The summed E-state index contributed by atoms with van der Waals surface area (Å²) < 4.78 is 7.09. The Bertz CT molecular complexity index is 718. The number of nitrogens with zero attached hydrogens (tertiary/aromatic N) is 3. The summed E-state index contributed by atoms with van der Waals surface area (Å²) in [7, 11) is 0. The number of aromatic nitrogens is 2. The Labute approximate surface area is 152 Å². The van der Waals surface area contributed by atoms with Gasteiger partial charge in [-0.25, -0.2) is 14.3 Å². The van der Waals surface area contributed by atoms with Crippen LogP contribution >= 0.6 is 0 Å². The van der Waals surface area contributed by atoms with Crippen molar-refractivity contribution in [1.82, 2.24) is 20.0 Å². The SMILES string of the molecule is CCOC(=O)C1=C(NC2CCN(C(N)=O)CC2)c2cnn(CC)c2NC1. The van der Waals surface area contributed by atoms with E-state index < -0.39 is 0 Å². The highest BCUT2D eigenvalue weighted by atomic mass is 16.5. The number of carbonyl (C=O) groups excluding carboxylic acids is 2. The molecule has 3 rings (SSSR count). The van der Waals surface area contributed by atoms with E-state index in [1.54, 1.807) is 18.0 Å². The van der Waals surface area contributed by atoms with Gasteiger partial charge in [-0.2, -0.15) is 5.10 Å². The molecular formula is C17H26N6O3. The van der Waals surface area contributed by atoms with Crippen molar-refractivity contribution in [1.29, 1.82) is 0 Å². The lowest BCUT2D eigenvalue weighted by Crippen LogP contribution is -2.47. The fraction of sp³-hybridized carbons (Fsp3) is 0.588. The Kier molecular flexibility index (Phi) is 5.34. The Balaban J connectivity index is 1.85. The van der Waals surface area contributed by atoms with E-state index in [-0.39, 0.29) is 18.0 Å². The summed E-state index contributed by atoms with van der Waals surface area (Å²) in [6, 6.07) is -0.232. The lowest BCUT2D eigenvalue weighted by Gasteiger charge is -2.33. The molecule has 1 aromatic rings. The minimum atomic E-state index is -0.386. The van der Waals surface area contributed by atoms with Crippen LogP contribution in [0.1, 0.15) is 32.3 Å². The molecule has 2 aliphatic heterocycles. The van der Waals surface area contributed by atoms with Crippen LogP contribution in [-0.2, 0) is 16.1 Å². The number of fused-ring (bicyclic) bond motifs is 1. The molecular weight excluding hydrogens is 336 g/mol. The van der Waals surface area contributed by atoms with Crippen LogP contribution in [0.5, 0.6) is 0 Å². The molecule has 2 amide bonds. The van der Waals surface area contributed by atoms with E-state index >= 15 is 0 Å². The van der Waals surface area contributed by atoms with Gasteiger partial charge < -0.3 is 26.0 Å². The first-order valence-corrected chi connectivity index (χ1v) is 9.06. The Morgan fingerprint density at radius 3 is 2.73 bits per heavy atom. The third kappa shape index (κ3) is 3.47. The van der Waals surface area contributed by atoms with Gasteiger partial charge in [0.2, 0.25) is 0 Å². The predicted octanol–water partition coefficient (Wildman–Crippen LogP) is 0.735. The summed E-state index contributed by atoms with van der Waals surface area (Å²) in [5.74, 6) is 0.574. The predicted molar refractivity (Wildman–Crippen MR) is 97.3 cm³/mol. The standard InChI is InChI=1S/C17H26N6O3/c1-3-23-15-12(10-20-23)14(13(9-19-15)16(24)26-4-2)21-11-5-7-22(8-6-11)17(18)25/h10-11,19,21H,3-9H2,1-2H3,(H2,18,25). The zero-order valence-corrected chi connectivity index (χ0v) is 15.2. The maximum Gasteiger partial charge on any atom is 0.337 e. The van der Waals surface area contributed by atoms with Crippen molar-refractivity contribution in [2.75, 3.05) is 31.6 Å². The first-order valence-electron chi connectivity index (χ1n) is 9.06. The highest BCUT2D eigenvalue weighted by Crippen LogP contribution is 2.31. The van der Waals surface area contributed by atoms with E-state index in [1.165, 1.54) is 0 Å². The average molecular weight is 362 g/mol. The maximum atomic E-state index is 12.4. The molecule has 1 aromatic heterocycles. The van der Waals surface area contributed by atoms with Crippen LogP contribution < -0.4 is 16.4 Å². The minimum absolute atomic E-state index is 0.154. The summed E-state index contributed by atoms with van der Waals surface area (Å²) in [5.41, 5.74) is 7.57. The van der Waals surface area contributed by atoms with E-state index in [9.17, 15) is 9.59 Å². The maximum absolute atomic E-state index is 12.4. The number of piperidine rings is 1. The number of amides is 2. The number of aryl methyl sites for hydroxylation is 1. The van der Waals surface area contributed by atoms with Crippen LogP contribution in [0.3, 0.4) is 0 Å². The molecule has 26 heavy (non-hydrogen) atoms. The van der Waals surface area contributed by atoms with Gasteiger partial charge in [-0.1, -0.05) is 0 Å². The number of urea groups is 1. The second kappa shape index (κ2) is 7.67. The quantitative estimate of drug-likeness (QED) is 0.666. The van der Waals surface area contributed by atoms with Crippen molar-refractivity contribution < 1.29 is 14.3 Å². The monoisotopic (exact) mass is 362 g/mol. The van der Waals surface area contributed by atoms with E-state index in [0.717, 1.165) is 36.5 Å². The molecule has 0 unspecified atom stereocenters. The van der Waals surface area contributed by atoms with Crippen LogP contribution in [0.2, 0.25) is 0 Å². The molecule has 0 aliphatic carbocycles. The summed E-state index contributed by atoms with van der Waals surface area (Å²) in [5, 5.41) is 11.2. The lowest BCUT2D eigenvalue weighted by molar-refractivity contribution is -0.138. The van der Waals surface area contributed by atoms with Gasteiger partial charge in [-0.15, -0.1) is 0 Å². The van der Waals surface area contributed by atoms with Crippen molar-refractivity contribution in [3.05, 3.63) is 17.3 Å². The van der Waals surface area contributed by atoms with Crippen LogP contribution in [0.25, 0.3) is 5.70 Å². The van der Waals surface area contributed by atoms with Crippen molar-refractivity contribution >= 4 is 23.5 Å². The molecule has 0 saturated carbocycles. The number of hydrogen-bond donors (Lipinski definition) is 3. The van der Waals surface area contributed by atoms with Crippen LogP contribution in [-0.4, -0.2) is 59.0 Å². The van der Waals surface area contributed by atoms with Crippen LogP contribution in [0, 0.1) is 0 Å². The number of anilines is 1. The summed E-state index contributed by atoms with van der Waals surface area (Å²) >= 11 is 0. The molecule has 0 radical (unpaired) electrons. The highest BCUT2D eigenvalue weighted by molar-refractivity contribution is 6.01. The number of esters is 1. The average Bonchev–Trinajstić information content (AvgIpc) is 3.06. The van der Waals surface area contributed by atoms with Gasteiger partial charge in [0.1, 0.15) is 5.82 Å². The molecule has 3 heterocycles. The largest absolute Gasteiger partial charge is 0.463 e. The number of primary amides is 1. The number of nitrogens with two attached hydrogens (primary N) is 1. The Hall–Kier alpha value is -2.71. The van der Waals surface area contributed by atoms with Crippen LogP contribution in [0.4, 0.5) is 10.6 Å². The normalized spacial score (nSPS) is 17.5. The molecule has 9 heteroatoms. The van der Waals surface area contributed by atoms with E-state index in [1.807, 2.05) is 11.6 Å². The summed E-state index contributed by atoms with van der Waals surface area (Å²) in [6.07, 6.45) is 3.31. The van der Waals surface area contributed by atoms with Gasteiger partial charge in [-0.3, -0.25) is 0 Å². The first kappa shape index (κ1) is 18.1. The van der Waals surface area contributed by atoms with Gasteiger partial charge in [0.15, 0.2) is 0 Å². The Morgan fingerprint density at radius 2 is 2.12 bits per heavy atom. The summed E-state index contributed by atoms with van der Waals surface area (Å²) in [6.45, 7) is 6.48. The molecule has 0 bridgehead atoms. The van der Waals surface area contributed by atoms with Crippen LogP contribution in [0.15, 0.2) is 11.8 Å². The third-order valence-electron chi connectivity index (χ3n) is 4.82. The smallest absolute Gasteiger partial charge is 0.337 e. The van der Waals surface area contributed by atoms with Gasteiger partial charge >= 0.3 is 12.0 Å². The highest BCUT2D eigenvalue weighted by Gasteiger charge is 2.30. The number of likely N-dealkylation sites (tertiary alicyclic amines) is 1. The van der Waals surface area contributed by atoms with Gasteiger partial charge in [0.05, 0.1) is 36.2 Å². The number of ether oxygens (including phenoxy) is 1. The molecule has 0 atom stereocenters. The molecule has 4 N–H and O–H groups in total. The van der Waals surface area contributed by atoms with Gasteiger partial charge in [0, 0.05) is 25.7 Å². The lowest BCUT2D eigenvalue weighted by atomic mass is 10.00. The number of nitrogens with one attached hydrogen (secondary N) is 2. The molecule has 1 fully saturated rings. The fourth-order valence-corrected chi connectivity index (χ4v) is 3.42. The molecule has 142 valence electrons. The van der Waals surface area contributed by atoms with E-state index in [0.29, 0.717) is 31.8 Å². The molecule has 1 saturated heterocycles. The van der Waals surface area contributed by atoms with Crippen molar-refractivity contribution in [3.8, 4) is 0 Å². The van der Waals surface area contributed by atoms with Gasteiger partial charge in [0.25, 0.3) is 0 Å².